The average molecular weight is 140 g/mol. The van der Waals surface area contributed by atoms with Gasteiger partial charge in [0.1, 0.15) is 0 Å². The quantitative estimate of drug-likeness (QED) is 0.442. The molecule has 4 fully saturated rings. The lowest BCUT2D eigenvalue weighted by Gasteiger charge is -2.31. The molecule has 0 saturated carbocycles. The highest BCUT2D eigenvalue weighted by molar-refractivity contribution is 5.03. The standard InChI is InChI=1S/C6H12N4/c7-6-1-8-3-9(2-6)5-10(6)4-8/h1-5,7H2. The normalized spacial score (nSPS) is 63.9. The van der Waals surface area contributed by atoms with Gasteiger partial charge in [0, 0.05) is 13.1 Å². The highest BCUT2D eigenvalue weighted by atomic mass is 15.6. The summed E-state index contributed by atoms with van der Waals surface area (Å²) in [5.41, 5.74) is 6.14. The second kappa shape index (κ2) is 1.38. The minimum Gasteiger partial charge on any atom is -0.311 e. The molecule has 4 heteroatoms. The summed E-state index contributed by atoms with van der Waals surface area (Å²) in [5, 5.41) is 0. The van der Waals surface area contributed by atoms with Crippen molar-refractivity contribution < 1.29 is 0 Å². The third-order valence-electron chi connectivity index (χ3n) is 2.77. The van der Waals surface area contributed by atoms with E-state index in [1.807, 2.05) is 0 Å². The molecule has 4 aliphatic heterocycles. The lowest BCUT2D eigenvalue weighted by Crippen LogP contribution is -2.55. The topological polar surface area (TPSA) is 35.7 Å². The Morgan fingerprint density at radius 3 is 2.00 bits per heavy atom. The van der Waals surface area contributed by atoms with E-state index in [1.165, 1.54) is 0 Å². The molecule has 4 nitrogen and oxygen atoms in total. The van der Waals surface area contributed by atoms with E-state index in [9.17, 15) is 0 Å². The van der Waals surface area contributed by atoms with Gasteiger partial charge in [-0.1, -0.05) is 0 Å². The second-order valence-electron chi connectivity index (χ2n) is 3.73. The molecule has 4 heterocycles. The Hall–Kier alpha value is -0.160. The zero-order valence-electron chi connectivity index (χ0n) is 5.95. The van der Waals surface area contributed by atoms with Crippen molar-refractivity contribution in [1.29, 1.82) is 0 Å². The molecule has 0 aliphatic carbocycles. The molecule has 4 rings (SSSR count). The maximum Gasteiger partial charge on any atom is 0.0970 e. The van der Waals surface area contributed by atoms with Gasteiger partial charge < -0.3 is 5.73 Å². The molecular formula is C6H12N4. The molecule has 2 N–H and O–H groups in total. The van der Waals surface area contributed by atoms with Crippen LogP contribution in [0.1, 0.15) is 0 Å². The highest BCUT2D eigenvalue weighted by Gasteiger charge is 2.52. The largest absolute Gasteiger partial charge is 0.311 e. The molecule has 56 valence electrons. The van der Waals surface area contributed by atoms with Crippen molar-refractivity contribution in [2.24, 2.45) is 5.73 Å². The summed E-state index contributed by atoms with van der Waals surface area (Å²) in [6, 6.07) is 0. The van der Waals surface area contributed by atoms with Crippen molar-refractivity contribution >= 4 is 0 Å². The molecular weight excluding hydrogens is 128 g/mol. The first kappa shape index (κ1) is 5.49. The van der Waals surface area contributed by atoms with Gasteiger partial charge in [0.25, 0.3) is 0 Å². The van der Waals surface area contributed by atoms with E-state index in [0.717, 1.165) is 33.1 Å². The van der Waals surface area contributed by atoms with Crippen LogP contribution in [-0.4, -0.2) is 53.5 Å². The van der Waals surface area contributed by atoms with Crippen LogP contribution in [0.15, 0.2) is 0 Å². The van der Waals surface area contributed by atoms with Gasteiger partial charge in [-0.15, -0.1) is 0 Å². The number of nitrogens with two attached hydrogens (primary N) is 1. The first-order valence-electron chi connectivity index (χ1n) is 3.75. The predicted octanol–water partition coefficient (Wildman–Crippen LogP) is -1.54. The second-order valence-corrected chi connectivity index (χ2v) is 3.73. The Bertz CT molecular complexity index is 167. The number of rotatable bonds is 0. The van der Waals surface area contributed by atoms with Crippen molar-refractivity contribution in [3.63, 3.8) is 0 Å². The van der Waals surface area contributed by atoms with Crippen molar-refractivity contribution in [1.82, 2.24) is 14.7 Å². The van der Waals surface area contributed by atoms with Crippen LogP contribution in [0, 0.1) is 0 Å². The van der Waals surface area contributed by atoms with E-state index in [1.54, 1.807) is 0 Å². The van der Waals surface area contributed by atoms with E-state index in [-0.39, 0.29) is 5.66 Å². The SMILES string of the molecule is NC12CN3CN(CN1C3)C2. The van der Waals surface area contributed by atoms with Crippen LogP contribution < -0.4 is 5.73 Å². The number of hydrogen-bond donors (Lipinski definition) is 1. The molecule has 4 saturated heterocycles. The smallest absolute Gasteiger partial charge is 0.0970 e. The molecule has 4 aliphatic rings. The third-order valence-corrected chi connectivity index (χ3v) is 2.77. The van der Waals surface area contributed by atoms with E-state index in [2.05, 4.69) is 14.7 Å². The van der Waals surface area contributed by atoms with Gasteiger partial charge in [0.2, 0.25) is 0 Å². The van der Waals surface area contributed by atoms with Gasteiger partial charge >= 0.3 is 0 Å². The maximum atomic E-state index is 6.13. The zero-order valence-corrected chi connectivity index (χ0v) is 5.95. The Morgan fingerprint density at radius 1 is 1.00 bits per heavy atom. The minimum atomic E-state index is 0.0122. The predicted molar refractivity (Wildman–Crippen MR) is 36.8 cm³/mol. The summed E-state index contributed by atoms with van der Waals surface area (Å²) in [6.07, 6.45) is 0. The first-order chi connectivity index (χ1) is 4.76. The van der Waals surface area contributed by atoms with Crippen molar-refractivity contribution in [2.45, 2.75) is 5.66 Å². The van der Waals surface area contributed by atoms with Crippen LogP contribution in [0.2, 0.25) is 0 Å². The molecule has 4 bridgehead atoms. The number of nitrogens with zero attached hydrogens (tertiary/aromatic N) is 3. The Balaban J connectivity index is 2.04. The van der Waals surface area contributed by atoms with Crippen molar-refractivity contribution in [2.75, 3.05) is 33.1 Å². The summed E-state index contributed by atoms with van der Waals surface area (Å²) >= 11 is 0. The van der Waals surface area contributed by atoms with Gasteiger partial charge in [0.05, 0.1) is 25.7 Å². The molecule has 0 aromatic rings. The molecule has 0 radical (unpaired) electrons. The fourth-order valence-electron chi connectivity index (χ4n) is 2.41. The number of hydrogen-bond acceptors (Lipinski definition) is 4. The Labute approximate surface area is 60.2 Å². The lowest BCUT2D eigenvalue weighted by molar-refractivity contribution is 0.0742. The van der Waals surface area contributed by atoms with Crippen LogP contribution in [0.5, 0.6) is 0 Å². The molecule has 0 aromatic heterocycles. The molecule has 0 amide bonds. The summed E-state index contributed by atoms with van der Waals surface area (Å²) in [4.78, 5) is 7.15. The third kappa shape index (κ3) is 0.473. The van der Waals surface area contributed by atoms with Crippen molar-refractivity contribution in [3.8, 4) is 0 Å². The molecule has 2 atom stereocenters. The molecule has 0 spiro atoms. The fourth-order valence-corrected chi connectivity index (χ4v) is 2.41. The summed E-state index contributed by atoms with van der Waals surface area (Å²) in [7, 11) is 0. The maximum absolute atomic E-state index is 6.13. The van der Waals surface area contributed by atoms with Gasteiger partial charge in [-0.2, -0.15) is 0 Å². The molecule has 0 aromatic carbocycles. The summed E-state index contributed by atoms with van der Waals surface area (Å²) in [5.74, 6) is 0. The molecule has 2 unspecified atom stereocenters. The van der Waals surface area contributed by atoms with E-state index in [4.69, 9.17) is 5.73 Å². The molecule has 10 heavy (non-hydrogen) atoms. The van der Waals surface area contributed by atoms with Gasteiger partial charge in [-0.3, -0.25) is 14.7 Å². The summed E-state index contributed by atoms with van der Waals surface area (Å²) < 4.78 is 0. The van der Waals surface area contributed by atoms with Gasteiger partial charge in [0.15, 0.2) is 0 Å². The first-order valence-corrected chi connectivity index (χ1v) is 3.75. The van der Waals surface area contributed by atoms with Crippen LogP contribution in [0.4, 0.5) is 0 Å². The Morgan fingerprint density at radius 2 is 1.60 bits per heavy atom. The van der Waals surface area contributed by atoms with Crippen LogP contribution in [0.3, 0.4) is 0 Å². The lowest BCUT2D eigenvalue weighted by atomic mass is 10.2. The van der Waals surface area contributed by atoms with E-state index >= 15 is 0 Å². The zero-order chi connectivity index (χ0) is 6.77. The van der Waals surface area contributed by atoms with Crippen molar-refractivity contribution in [3.05, 3.63) is 0 Å². The monoisotopic (exact) mass is 140 g/mol. The Kier molecular flexibility index (Phi) is 0.757. The summed E-state index contributed by atoms with van der Waals surface area (Å²) in [6.45, 7) is 5.46. The van der Waals surface area contributed by atoms with Crippen LogP contribution >= 0.6 is 0 Å². The fraction of sp³-hybridized carbons (Fsp3) is 1.00. The van der Waals surface area contributed by atoms with Crippen LogP contribution in [-0.2, 0) is 0 Å². The minimum absolute atomic E-state index is 0.0122. The average Bonchev–Trinajstić information content (AvgIpc) is 2.14. The highest BCUT2D eigenvalue weighted by Crippen LogP contribution is 2.32. The van der Waals surface area contributed by atoms with E-state index in [0.29, 0.717) is 0 Å². The van der Waals surface area contributed by atoms with E-state index < -0.39 is 0 Å². The van der Waals surface area contributed by atoms with Gasteiger partial charge in [-0.05, 0) is 0 Å². The van der Waals surface area contributed by atoms with Crippen LogP contribution in [0.25, 0.3) is 0 Å². The van der Waals surface area contributed by atoms with Gasteiger partial charge in [-0.25, -0.2) is 0 Å².